The molecule has 1 unspecified atom stereocenters. The summed E-state index contributed by atoms with van der Waals surface area (Å²) in [6.07, 6.45) is 35.2. The summed E-state index contributed by atoms with van der Waals surface area (Å²) >= 11 is 0. The van der Waals surface area contributed by atoms with Crippen molar-refractivity contribution in [2.45, 2.75) is 238 Å². The Balaban J connectivity index is 2.30. The van der Waals surface area contributed by atoms with Crippen molar-refractivity contribution < 1.29 is 33.6 Å². The van der Waals surface area contributed by atoms with Gasteiger partial charge in [-0.3, -0.25) is 9.59 Å². The van der Waals surface area contributed by atoms with E-state index in [1.807, 2.05) is 0 Å². The SMILES string of the molecule is CCCCCCCCCCCOC(=O)CCCCCN(CCCCCCCC(=O)OC(COCCCCCC)COCCCCCC)CC(O)C1CCCCC1. The number of nitrogens with zero attached hydrogens (tertiary/aromatic N) is 1. The van der Waals surface area contributed by atoms with Gasteiger partial charge in [-0.05, 0) is 76.8 Å². The van der Waals surface area contributed by atoms with Crippen LogP contribution in [0.25, 0.3) is 0 Å². The Hall–Kier alpha value is -1.22. The number of carbonyl (C=O) groups excluding carboxylic acids is 2. The van der Waals surface area contributed by atoms with E-state index in [0.717, 1.165) is 110 Å². The number of aliphatic hydroxyl groups excluding tert-OH is 1. The smallest absolute Gasteiger partial charge is 0.306 e. The molecule has 56 heavy (non-hydrogen) atoms. The van der Waals surface area contributed by atoms with Gasteiger partial charge in [0.2, 0.25) is 0 Å². The molecule has 1 saturated carbocycles. The molecule has 1 aliphatic rings. The molecule has 0 aliphatic heterocycles. The van der Waals surface area contributed by atoms with Gasteiger partial charge in [0.05, 0.1) is 25.9 Å². The van der Waals surface area contributed by atoms with Crippen LogP contribution in [-0.4, -0.2) is 86.8 Å². The van der Waals surface area contributed by atoms with Gasteiger partial charge in [-0.1, -0.05) is 156 Å². The summed E-state index contributed by atoms with van der Waals surface area (Å²) in [4.78, 5) is 27.5. The van der Waals surface area contributed by atoms with Gasteiger partial charge < -0.3 is 29.0 Å². The summed E-state index contributed by atoms with van der Waals surface area (Å²) in [6.45, 7) is 12.2. The highest BCUT2D eigenvalue weighted by Gasteiger charge is 2.23. The van der Waals surface area contributed by atoms with E-state index < -0.39 is 0 Å². The van der Waals surface area contributed by atoms with Crippen LogP contribution in [0.2, 0.25) is 0 Å². The molecule has 0 heterocycles. The van der Waals surface area contributed by atoms with Gasteiger partial charge >= 0.3 is 11.9 Å². The van der Waals surface area contributed by atoms with E-state index in [0.29, 0.717) is 51.8 Å². The molecule has 8 nitrogen and oxygen atoms in total. The molecule has 0 aromatic carbocycles. The number of aliphatic hydroxyl groups is 1. The van der Waals surface area contributed by atoms with Gasteiger partial charge in [0.15, 0.2) is 0 Å². The van der Waals surface area contributed by atoms with Crippen LogP contribution in [0.5, 0.6) is 0 Å². The van der Waals surface area contributed by atoms with Gasteiger partial charge in [-0.2, -0.15) is 0 Å². The third kappa shape index (κ3) is 33.7. The molecular formula is C48H93NO7. The quantitative estimate of drug-likeness (QED) is 0.0482. The van der Waals surface area contributed by atoms with Crippen molar-refractivity contribution in [3.63, 3.8) is 0 Å². The summed E-state index contributed by atoms with van der Waals surface area (Å²) < 4.78 is 23.1. The second-order valence-electron chi connectivity index (χ2n) is 17.0. The lowest BCUT2D eigenvalue weighted by molar-refractivity contribution is -0.156. The Labute approximate surface area is 346 Å². The maximum absolute atomic E-state index is 12.7. The largest absolute Gasteiger partial charge is 0.466 e. The van der Waals surface area contributed by atoms with Gasteiger partial charge in [0, 0.05) is 32.6 Å². The fraction of sp³-hybridized carbons (Fsp3) is 0.958. The van der Waals surface area contributed by atoms with E-state index in [2.05, 4.69) is 25.7 Å². The lowest BCUT2D eigenvalue weighted by atomic mass is 9.85. The number of rotatable bonds is 42. The molecule has 0 aromatic rings. The molecule has 0 amide bonds. The minimum absolute atomic E-state index is 0.0495. The molecule has 1 fully saturated rings. The molecule has 1 rings (SSSR count). The van der Waals surface area contributed by atoms with Crippen molar-refractivity contribution in [1.82, 2.24) is 4.90 Å². The zero-order valence-corrected chi connectivity index (χ0v) is 37.4. The fourth-order valence-corrected chi connectivity index (χ4v) is 7.87. The summed E-state index contributed by atoms with van der Waals surface area (Å²) in [5.41, 5.74) is 0. The average molecular weight is 796 g/mol. The maximum atomic E-state index is 12.7. The zero-order valence-electron chi connectivity index (χ0n) is 37.4. The van der Waals surface area contributed by atoms with E-state index >= 15 is 0 Å². The lowest BCUT2D eigenvalue weighted by Gasteiger charge is -2.31. The molecule has 0 aromatic heterocycles. The Morgan fingerprint density at radius 1 is 0.536 bits per heavy atom. The summed E-state index contributed by atoms with van der Waals surface area (Å²) in [5, 5.41) is 11.1. The third-order valence-corrected chi connectivity index (χ3v) is 11.6. The van der Waals surface area contributed by atoms with Crippen LogP contribution in [-0.2, 0) is 28.5 Å². The van der Waals surface area contributed by atoms with E-state index in [1.54, 1.807) is 0 Å². The monoisotopic (exact) mass is 796 g/mol. The molecule has 8 heteroatoms. The molecule has 332 valence electrons. The maximum Gasteiger partial charge on any atom is 0.306 e. The third-order valence-electron chi connectivity index (χ3n) is 11.6. The van der Waals surface area contributed by atoms with Crippen molar-refractivity contribution >= 4 is 11.9 Å². The number of esters is 2. The molecule has 1 atom stereocenters. The average Bonchev–Trinajstić information content (AvgIpc) is 3.20. The van der Waals surface area contributed by atoms with Crippen molar-refractivity contribution in [1.29, 1.82) is 0 Å². The molecule has 0 bridgehead atoms. The predicted molar refractivity (Wildman–Crippen MR) is 233 cm³/mol. The van der Waals surface area contributed by atoms with E-state index in [9.17, 15) is 14.7 Å². The van der Waals surface area contributed by atoms with Crippen LogP contribution >= 0.6 is 0 Å². The number of hydrogen-bond acceptors (Lipinski definition) is 8. The van der Waals surface area contributed by atoms with Gasteiger partial charge in [0.1, 0.15) is 6.10 Å². The lowest BCUT2D eigenvalue weighted by Crippen LogP contribution is -2.38. The second-order valence-corrected chi connectivity index (χ2v) is 17.0. The minimum atomic E-state index is -0.335. The van der Waals surface area contributed by atoms with E-state index in [1.165, 1.54) is 103 Å². The molecule has 0 spiro atoms. The minimum Gasteiger partial charge on any atom is -0.466 e. The molecule has 1 N–H and O–H groups in total. The first-order valence-corrected chi connectivity index (χ1v) is 24.4. The van der Waals surface area contributed by atoms with Crippen LogP contribution in [0.3, 0.4) is 0 Å². The topological polar surface area (TPSA) is 94.5 Å². The normalized spacial score (nSPS) is 14.2. The second kappa shape index (κ2) is 40.6. The summed E-state index contributed by atoms with van der Waals surface area (Å²) in [7, 11) is 0. The van der Waals surface area contributed by atoms with Crippen LogP contribution in [0.4, 0.5) is 0 Å². The first-order chi connectivity index (χ1) is 27.5. The van der Waals surface area contributed by atoms with Crippen LogP contribution in [0, 0.1) is 5.92 Å². The predicted octanol–water partition coefficient (Wildman–Crippen LogP) is 12.3. The number of ether oxygens (including phenoxy) is 4. The van der Waals surface area contributed by atoms with Crippen LogP contribution < -0.4 is 0 Å². The summed E-state index contributed by atoms with van der Waals surface area (Å²) in [5.74, 6) is 0.238. The van der Waals surface area contributed by atoms with Crippen molar-refractivity contribution in [2.75, 3.05) is 52.7 Å². The van der Waals surface area contributed by atoms with Crippen LogP contribution in [0.15, 0.2) is 0 Å². The summed E-state index contributed by atoms with van der Waals surface area (Å²) in [6, 6.07) is 0. The number of hydrogen-bond donors (Lipinski definition) is 1. The Bertz CT molecular complexity index is 835. The zero-order chi connectivity index (χ0) is 40.6. The molecule has 0 radical (unpaired) electrons. The van der Waals surface area contributed by atoms with E-state index in [4.69, 9.17) is 18.9 Å². The number of carbonyl (C=O) groups is 2. The highest BCUT2D eigenvalue weighted by atomic mass is 16.6. The van der Waals surface area contributed by atoms with Crippen molar-refractivity contribution in [2.24, 2.45) is 5.92 Å². The molecular weight excluding hydrogens is 703 g/mol. The standard InChI is InChI=1S/C48H93NO7/c1-4-7-10-13-14-15-16-20-31-40-55-47(51)34-26-22-28-37-49(41-46(50)44-32-23-21-24-33-44)36-27-19-17-18-25-35-48(52)56-45(42-53-38-29-11-8-5-2)43-54-39-30-12-9-6-3/h44-46,50H,4-43H2,1-3H3. The molecule has 1 aliphatic carbocycles. The van der Waals surface area contributed by atoms with Crippen LogP contribution in [0.1, 0.15) is 226 Å². The Morgan fingerprint density at radius 2 is 0.964 bits per heavy atom. The Morgan fingerprint density at radius 3 is 1.52 bits per heavy atom. The first kappa shape index (κ1) is 52.8. The number of unbranched alkanes of at least 4 members (excludes halogenated alkanes) is 20. The van der Waals surface area contributed by atoms with Gasteiger partial charge in [-0.15, -0.1) is 0 Å². The highest BCUT2D eigenvalue weighted by Crippen LogP contribution is 2.27. The molecule has 0 saturated heterocycles. The Kier molecular flexibility index (Phi) is 38.2. The van der Waals surface area contributed by atoms with Gasteiger partial charge in [-0.25, -0.2) is 0 Å². The van der Waals surface area contributed by atoms with Crippen molar-refractivity contribution in [3.05, 3.63) is 0 Å². The van der Waals surface area contributed by atoms with E-state index in [-0.39, 0.29) is 24.1 Å². The highest BCUT2D eigenvalue weighted by molar-refractivity contribution is 5.69. The first-order valence-electron chi connectivity index (χ1n) is 24.4. The van der Waals surface area contributed by atoms with Gasteiger partial charge in [0.25, 0.3) is 0 Å². The fourth-order valence-electron chi connectivity index (χ4n) is 7.87. The van der Waals surface area contributed by atoms with Crippen molar-refractivity contribution in [3.8, 4) is 0 Å².